The van der Waals surface area contributed by atoms with Crippen LogP contribution in [-0.2, 0) is 4.79 Å². The molecule has 0 N–H and O–H groups in total. The Bertz CT molecular complexity index is 1030. The number of hydrogen-bond acceptors (Lipinski definition) is 5. The average molecular weight is 385 g/mol. The van der Waals surface area contributed by atoms with E-state index in [-0.39, 0.29) is 17.4 Å². The van der Waals surface area contributed by atoms with Gasteiger partial charge in [0.05, 0.1) is 16.3 Å². The van der Waals surface area contributed by atoms with Gasteiger partial charge in [0.2, 0.25) is 5.91 Å². The smallest absolute Gasteiger partial charge is 0.289 e. The number of furan rings is 1. The molecule has 2 aromatic heterocycles. The molecular formula is C19H19N3O4S. The number of rotatable bonds is 3. The highest BCUT2D eigenvalue weighted by atomic mass is 32.1. The first kappa shape index (κ1) is 17.5. The SMILES string of the molecule is C[C@H](C(=O)N1CCN(C(=O)c2ccco2)CC1)n1sc2ccccc2c1=O. The van der Waals surface area contributed by atoms with Gasteiger partial charge in [-0.3, -0.25) is 18.3 Å². The molecule has 3 aromatic rings. The fourth-order valence-electron chi connectivity index (χ4n) is 3.29. The Labute approximate surface area is 159 Å². The molecule has 1 atom stereocenters. The molecule has 0 spiro atoms. The van der Waals surface area contributed by atoms with E-state index in [2.05, 4.69) is 0 Å². The molecule has 0 bridgehead atoms. The van der Waals surface area contributed by atoms with Crippen LogP contribution in [0.15, 0.2) is 51.9 Å². The standard InChI is InChI=1S/C19H19N3O4S/c1-13(22-18(24)14-5-2-3-7-16(14)27-22)17(23)20-8-10-21(11-9-20)19(25)15-6-4-12-26-15/h2-7,12-13H,8-11H2,1H3/t13-/m1/s1. The highest BCUT2D eigenvalue weighted by Gasteiger charge is 2.30. The van der Waals surface area contributed by atoms with Crippen molar-refractivity contribution >= 4 is 33.4 Å². The number of hydrogen-bond donors (Lipinski definition) is 0. The quantitative estimate of drug-likeness (QED) is 0.693. The highest BCUT2D eigenvalue weighted by molar-refractivity contribution is 7.14. The maximum atomic E-state index is 12.9. The van der Waals surface area contributed by atoms with E-state index in [1.54, 1.807) is 34.9 Å². The number of aromatic nitrogens is 1. The summed E-state index contributed by atoms with van der Waals surface area (Å²) in [7, 11) is 0. The highest BCUT2D eigenvalue weighted by Crippen LogP contribution is 2.21. The number of carbonyl (C=O) groups is 2. The first-order valence-electron chi connectivity index (χ1n) is 8.78. The van der Waals surface area contributed by atoms with E-state index in [0.29, 0.717) is 37.3 Å². The van der Waals surface area contributed by atoms with Crippen LogP contribution >= 0.6 is 11.5 Å². The normalized spacial score (nSPS) is 15.9. The minimum Gasteiger partial charge on any atom is -0.459 e. The van der Waals surface area contributed by atoms with Gasteiger partial charge >= 0.3 is 0 Å². The van der Waals surface area contributed by atoms with Gasteiger partial charge in [-0.15, -0.1) is 0 Å². The first-order valence-corrected chi connectivity index (χ1v) is 9.55. The van der Waals surface area contributed by atoms with Crippen LogP contribution in [0.25, 0.3) is 10.1 Å². The van der Waals surface area contributed by atoms with Crippen LogP contribution in [0.3, 0.4) is 0 Å². The van der Waals surface area contributed by atoms with Crippen LogP contribution < -0.4 is 5.56 Å². The molecule has 8 heteroatoms. The van der Waals surface area contributed by atoms with Gasteiger partial charge in [0, 0.05) is 26.2 Å². The Balaban J connectivity index is 1.45. The molecule has 7 nitrogen and oxygen atoms in total. The van der Waals surface area contributed by atoms with Crippen molar-refractivity contribution in [2.45, 2.75) is 13.0 Å². The second-order valence-electron chi connectivity index (χ2n) is 6.49. The second-order valence-corrected chi connectivity index (χ2v) is 7.50. The zero-order valence-electron chi connectivity index (χ0n) is 14.8. The fourth-order valence-corrected chi connectivity index (χ4v) is 4.33. The van der Waals surface area contributed by atoms with Crippen molar-refractivity contribution < 1.29 is 14.0 Å². The zero-order chi connectivity index (χ0) is 19.0. The van der Waals surface area contributed by atoms with Crippen molar-refractivity contribution in [3.05, 3.63) is 58.8 Å². The van der Waals surface area contributed by atoms with E-state index in [1.165, 1.54) is 21.8 Å². The van der Waals surface area contributed by atoms with Gasteiger partial charge in [-0.2, -0.15) is 0 Å². The molecule has 1 fully saturated rings. The van der Waals surface area contributed by atoms with Crippen LogP contribution in [-0.4, -0.2) is 51.7 Å². The number of nitrogens with zero attached hydrogens (tertiary/aromatic N) is 3. The average Bonchev–Trinajstić information content (AvgIpc) is 3.35. The summed E-state index contributed by atoms with van der Waals surface area (Å²) in [5, 5.41) is 0.635. The molecule has 2 amide bonds. The maximum Gasteiger partial charge on any atom is 0.289 e. The topological polar surface area (TPSA) is 75.8 Å². The number of piperazine rings is 1. The summed E-state index contributed by atoms with van der Waals surface area (Å²) in [6.45, 7) is 3.52. The number of amides is 2. The van der Waals surface area contributed by atoms with E-state index in [1.807, 2.05) is 18.2 Å². The van der Waals surface area contributed by atoms with Crippen LogP contribution in [0.1, 0.15) is 23.5 Å². The van der Waals surface area contributed by atoms with E-state index in [9.17, 15) is 14.4 Å². The fraction of sp³-hybridized carbons (Fsp3) is 0.316. The van der Waals surface area contributed by atoms with Gasteiger partial charge in [-0.25, -0.2) is 0 Å². The molecule has 1 aliphatic rings. The minimum absolute atomic E-state index is 0.103. The largest absolute Gasteiger partial charge is 0.459 e. The van der Waals surface area contributed by atoms with E-state index in [4.69, 9.17) is 4.42 Å². The van der Waals surface area contributed by atoms with Crippen LogP contribution in [0, 0.1) is 0 Å². The van der Waals surface area contributed by atoms with Crippen LogP contribution in [0.2, 0.25) is 0 Å². The van der Waals surface area contributed by atoms with Gasteiger partial charge in [0.1, 0.15) is 6.04 Å². The van der Waals surface area contributed by atoms with Crippen molar-refractivity contribution in [2.75, 3.05) is 26.2 Å². The summed E-state index contributed by atoms with van der Waals surface area (Å²) in [5.74, 6) is 0.0367. The van der Waals surface area contributed by atoms with Gasteiger partial charge in [0.15, 0.2) is 5.76 Å². The van der Waals surface area contributed by atoms with Gasteiger partial charge in [-0.05, 0) is 31.2 Å². The van der Waals surface area contributed by atoms with Gasteiger partial charge in [0.25, 0.3) is 11.5 Å². The molecule has 140 valence electrons. The van der Waals surface area contributed by atoms with Crippen molar-refractivity contribution in [1.29, 1.82) is 0 Å². The monoisotopic (exact) mass is 385 g/mol. The van der Waals surface area contributed by atoms with Crippen molar-refractivity contribution in [1.82, 2.24) is 13.8 Å². The van der Waals surface area contributed by atoms with Gasteiger partial charge in [-0.1, -0.05) is 23.7 Å². The summed E-state index contributed by atoms with van der Waals surface area (Å²) in [6.07, 6.45) is 1.47. The predicted octanol–water partition coefficient (Wildman–Crippen LogP) is 2.20. The molecule has 4 rings (SSSR count). The number of benzene rings is 1. The van der Waals surface area contributed by atoms with Crippen molar-refractivity contribution in [3.63, 3.8) is 0 Å². The second kappa shape index (κ2) is 7.03. The third-order valence-corrected chi connectivity index (χ3v) is 6.07. The Morgan fingerprint density at radius 1 is 1.04 bits per heavy atom. The lowest BCUT2D eigenvalue weighted by Gasteiger charge is -2.35. The Morgan fingerprint density at radius 3 is 2.41 bits per heavy atom. The summed E-state index contributed by atoms with van der Waals surface area (Å²) in [5.41, 5.74) is -0.136. The molecular weight excluding hydrogens is 366 g/mol. The lowest BCUT2D eigenvalue weighted by Crippen LogP contribution is -2.52. The Kier molecular flexibility index (Phi) is 4.57. The van der Waals surface area contributed by atoms with Crippen LogP contribution in [0.4, 0.5) is 0 Å². The summed E-state index contributed by atoms with van der Waals surface area (Å²) < 4.78 is 7.56. The molecule has 3 heterocycles. The summed E-state index contributed by atoms with van der Waals surface area (Å²) in [6, 6.07) is 10.1. The molecule has 0 saturated carbocycles. The molecule has 0 unspecified atom stereocenters. The number of carbonyl (C=O) groups excluding carboxylic acids is 2. The third-order valence-electron chi connectivity index (χ3n) is 4.83. The predicted molar refractivity (Wildman–Crippen MR) is 102 cm³/mol. The maximum absolute atomic E-state index is 12.9. The summed E-state index contributed by atoms with van der Waals surface area (Å²) in [4.78, 5) is 41.2. The number of fused-ring (bicyclic) bond motifs is 1. The Hall–Kier alpha value is -2.87. The van der Waals surface area contributed by atoms with E-state index >= 15 is 0 Å². The molecule has 0 aliphatic carbocycles. The zero-order valence-corrected chi connectivity index (χ0v) is 15.6. The first-order chi connectivity index (χ1) is 13.1. The minimum atomic E-state index is -0.567. The summed E-state index contributed by atoms with van der Waals surface area (Å²) >= 11 is 1.31. The molecule has 0 radical (unpaired) electrons. The lowest BCUT2D eigenvalue weighted by molar-refractivity contribution is -0.135. The van der Waals surface area contributed by atoms with Gasteiger partial charge < -0.3 is 14.2 Å². The van der Waals surface area contributed by atoms with Crippen molar-refractivity contribution in [2.24, 2.45) is 0 Å². The van der Waals surface area contributed by atoms with E-state index in [0.717, 1.165) is 4.70 Å². The molecule has 27 heavy (non-hydrogen) atoms. The van der Waals surface area contributed by atoms with Crippen LogP contribution in [0.5, 0.6) is 0 Å². The Morgan fingerprint density at radius 2 is 1.74 bits per heavy atom. The van der Waals surface area contributed by atoms with E-state index < -0.39 is 6.04 Å². The molecule has 1 aromatic carbocycles. The lowest BCUT2D eigenvalue weighted by atomic mass is 10.2. The third kappa shape index (κ3) is 3.16. The molecule has 1 aliphatic heterocycles. The van der Waals surface area contributed by atoms with Crippen molar-refractivity contribution in [3.8, 4) is 0 Å². The molecule has 1 saturated heterocycles.